The van der Waals surface area contributed by atoms with Gasteiger partial charge in [0.15, 0.2) is 23.3 Å². The molecule has 0 saturated carbocycles. The number of carboxylic acid groups (broad SMARTS) is 1. The number of amides is 3. The number of β-amino-alcohol motifs (C(OH)–C–C–N with tert-alkyl or cyclic N) is 1. The number of carbonyl (C=O) groups is 10. The number of nitrogens with two attached hydrogens (primary N) is 2. The summed E-state index contributed by atoms with van der Waals surface area (Å²) in [6.45, 7) is 5.83. The number of hydrogen-bond donors (Lipinski definition) is 4. The number of nitrogens with zero attached hydrogens (tertiary/aromatic N) is 4. The maximum absolute atomic E-state index is 13.9. The van der Waals surface area contributed by atoms with Gasteiger partial charge in [0.05, 0.1) is 24.2 Å². The molecule has 3 aliphatic heterocycles. The number of ketones is 6. The fourth-order valence-corrected chi connectivity index (χ4v) is 8.63. The number of rotatable bonds is 27. The van der Waals surface area contributed by atoms with Crippen LogP contribution in [-0.2, 0) is 47.9 Å². The quantitative estimate of drug-likeness (QED) is 0.0520. The van der Waals surface area contributed by atoms with Crippen LogP contribution in [0.3, 0.4) is 0 Å². The summed E-state index contributed by atoms with van der Waals surface area (Å²) in [4.78, 5) is 138. The van der Waals surface area contributed by atoms with Gasteiger partial charge in [0.25, 0.3) is 0 Å². The third kappa shape index (κ3) is 15.5. The van der Waals surface area contributed by atoms with Crippen molar-refractivity contribution in [3.8, 4) is 0 Å². The van der Waals surface area contributed by atoms with E-state index in [1.807, 2.05) is 6.92 Å². The molecule has 3 aliphatic rings. The summed E-state index contributed by atoms with van der Waals surface area (Å²) in [5.74, 6) is -6.72. The summed E-state index contributed by atoms with van der Waals surface area (Å²) in [6.07, 6.45) is 0.00393. The van der Waals surface area contributed by atoms with Crippen molar-refractivity contribution in [1.82, 2.24) is 14.7 Å². The lowest BCUT2D eigenvalue weighted by Crippen LogP contribution is -2.45. The van der Waals surface area contributed by atoms with E-state index in [0.717, 1.165) is 4.90 Å². The summed E-state index contributed by atoms with van der Waals surface area (Å²) < 4.78 is 0. The standard InChI is InChI=1S/C43H66N6O12/c1-4-26(2)35(53)14-16-40(58)48-21-7-10-33(48)38(56)23-28(8-5-19-46-43(44)45)36(54)13-12-30(51)22-29(11-18-41(59)60)42(61)49-25-31(52)24-34(49)37(55)15-17-39(57)47-20-6-9-32(47)27(3)50/h26,28-29,31-34,52H,4-25H2,1-3H3,(H,59,60)(H4,44,45,46). The first kappa shape index (κ1) is 50.5. The topological polar surface area (TPSA) is 285 Å². The highest BCUT2D eigenvalue weighted by Crippen LogP contribution is 2.29. The van der Waals surface area contributed by atoms with Crippen LogP contribution in [0.15, 0.2) is 4.99 Å². The zero-order valence-electron chi connectivity index (χ0n) is 36.0. The van der Waals surface area contributed by atoms with Crippen molar-refractivity contribution in [2.75, 3.05) is 26.2 Å². The van der Waals surface area contributed by atoms with Crippen LogP contribution in [0.2, 0.25) is 0 Å². The van der Waals surface area contributed by atoms with Gasteiger partial charge in [0.1, 0.15) is 17.3 Å². The van der Waals surface area contributed by atoms with Crippen LogP contribution >= 0.6 is 0 Å². The monoisotopic (exact) mass is 858 g/mol. The number of aliphatic hydroxyl groups excluding tert-OH is 1. The molecular formula is C43H66N6O12. The van der Waals surface area contributed by atoms with Gasteiger partial charge in [-0.2, -0.15) is 0 Å². The van der Waals surface area contributed by atoms with Gasteiger partial charge in [0.2, 0.25) is 17.7 Å². The summed E-state index contributed by atoms with van der Waals surface area (Å²) in [6, 6.07) is -2.38. The highest BCUT2D eigenvalue weighted by atomic mass is 16.4. The Morgan fingerprint density at radius 2 is 1.31 bits per heavy atom. The fourth-order valence-electron chi connectivity index (χ4n) is 8.63. The van der Waals surface area contributed by atoms with E-state index in [2.05, 4.69) is 4.99 Å². The van der Waals surface area contributed by atoms with Gasteiger partial charge >= 0.3 is 5.97 Å². The zero-order chi connectivity index (χ0) is 45.4. The molecule has 0 aromatic carbocycles. The fraction of sp³-hybridized carbons (Fsp3) is 0.744. The zero-order valence-corrected chi connectivity index (χ0v) is 36.0. The average Bonchev–Trinajstić information content (AvgIpc) is 4.00. The number of hydrogen-bond acceptors (Lipinski definition) is 12. The van der Waals surface area contributed by atoms with E-state index in [1.165, 1.54) is 16.7 Å². The van der Waals surface area contributed by atoms with Gasteiger partial charge in [-0.3, -0.25) is 52.9 Å². The van der Waals surface area contributed by atoms with E-state index in [1.54, 1.807) is 6.92 Å². The van der Waals surface area contributed by atoms with Crippen LogP contribution < -0.4 is 11.5 Å². The molecule has 7 atom stereocenters. The molecule has 0 bridgehead atoms. The Kier molecular flexibility index (Phi) is 20.3. The molecule has 3 fully saturated rings. The van der Waals surface area contributed by atoms with E-state index >= 15 is 0 Å². The molecule has 0 aromatic rings. The molecular weight excluding hydrogens is 793 g/mol. The first-order chi connectivity index (χ1) is 28.8. The number of carbonyl (C=O) groups excluding carboxylic acids is 9. The van der Waals surface area contributed by atoms with Crippen LogP contribution in [-0.4, -0.2) is 140 Å². The van der Waals surface area contributed by atoms with Crippen molar-refractivity contribution in [3.63, 3.8) is 0 Å². The Morgan fingerprint density at radius 1 is 0.705 bits per heavy atom. The molecule has 0 aliphatic carbocycles. The SMILES string of the molecule is CCC(C)C(=O)CCC(=O)N1CCCC1C(=O)CC(CCCN=C(N)N)C(=O)CCC(=O)CC(CCC(=O)O)C(=O)N1CC(O)CC1C(=O)CCC(=O)N1CCCC1C(C)=O. The lowest BCUT2D eigenvalue weighted by atomic mass is 9.87. The molecule has 18 heteroatoms. The smallest absolute Gasteiger partial charge is 0.303 e. The van der Waals surface area contributed by atoms with Gasteiger partial charge in [-0.05, 0) is 58.3 Å². The first-order valence-corrected chi connectivity index (χ1v) is 21.8. The molecule has 3 amide bonds. The number of aliphatic hydroxyl groups is 1. The number of likely N-dealkylation sites (tertiary alicyclic amines) is 3. The summed E-state index contributed by atoms with van der Waals surface area (Å²) in [5.41, 5.74) is 10.9. The van der Waals surface area contributed by atoms with Gasteiger partial charge < -0.3 is 36.4 Å². The molecule has 340 valence electrons. The maximum Gasteiger partial charge on any atom is 0.303 e. The Labute approximate surface area is 357 Å². The maximum atomic E-state index is 13.9. The number of guanidine groups is 1. The summed E-state index contributed by atoms with van der Waals surface area (Å²) in [7, 11) is 0. The second-order valence-electron chi connectivity index (χ2n) is 16.9. The Balaban J connectivity index is 1.66. The normalized spacial score (nSPS) is 21.4. The largest absolute Gasteiger partial charge is 0.481 e. The third-order valence-corrected chi connectivity index (χ3v) is 12.3. The van der Waals surface area contributed by atoms with Crippen molar-refractivity contribution in [2.45, 2.75) is 161 Å². The highest BCUT2D eigenvalue weighted by molar-refractivity contribution is 5.97. The molecule has 0 radical (unpaired) electrons. The van der Waals surface area contributed by atoms with Gasteiger partial charge in [0, 0.05) is 108 Å². The summed E-state index contributed by atoms with van der Waals surface area (Å²) in [5, 5.41) is 19.9. The second-order valence-corrected chi connectivity index (χ2v) is 16.9. The lowest BCUT2D eigenvalue weighted by molar-refractivity contribution is -0.144. The minimum atomic E-state index is -1.21. The minimum absolute atomic E-state index is 0.00932. The molecule has 0 spiro atoms. The number of Topliss-reactive ketones (excluding diaryl/α,β-unsaturated/α-hetero) is 6. The molecule has 7 unspecified atom stereocenters. The third-order valence-electron chi connectivity index (χ3n) is 12.3. The Hall–Kier alpha value is -4.87. The van der Waals surface area contributed by atoms with Crippen LogP contribution in [0.25, 0.3) is 0 Å². The van der Waals surface area contributed by atoms with E-state index in [9.17, 15) is 58.2 Å². The predicted molar refractivity (Wildman–Crippen MR) is 221 cm³/mol. The second kappa shape index (κ2) is 24.5. The van der Waals surface area contributed by atoms with Gasteiger partial charge in [-0.15, -0.1) is 0 Å². The van der Waals surface area contributed by atoms with Crippen molar-refractivity contribution in [3.05, 3.63) is 0 Å². The molecule has 3 heterocycles. The van der Waals surface area contributed by atoms with Gasteiger partial charge in [-0.1, -0.05) is 13.8 Å². The van der Waals surface area contributed by atoms with Crippen molar-refractivity contribution < 1.29 is 58.2 Å². The average molecular weight is 859 g/mol. The molecule has 3 rings (SSSR count). The van der Waals surface area contributed by atoms with Crippen molar-refractivity contribution in [1.29, 1.82) is 0 Å². The molecule has 6 N–H and O–H groups in total. The van der Waals surface area contributed by atoms with E-state index in [-0.39, 0.29) is 124 Å². The number of carboxylic acids is 1. The molecule has 18 nitrogen and oxygen atoms in total. The molecule has 61 heavy (non-hydrogen) atoms. The van der Waals surface area contributed by atoms with Crippen molar-refractivity contribution >= 4 is 64.3 Å². The highest BCUT2D eigenvalue weighted by Gasteiger charge is 2.42. The lowest BCUT2D eigenvalue weighted by Gasteiger charge is -2.28. The summed E-state index contributed by atoms with van der Waals surface area (Å²) >= 11 is 0. The van der Waals surface area contributed by atoms with Crippen LogP contribution in [0.4, 0.5) is 0 Å². The molecule has 3 saturated heterocycles. The Morgan fingerprint density at radius 3 is 1.92 bits per heavy atom. The van der Waals surface area contributed by atoms with Crippen LogP contribution in [0, 0.1) is 17.8 Å². The van der Waals surface area contributed by atoms with Crippen LogP contribution in [0.1, 0.15) is 136 Å². The first-order valence-electron chi connectivity index (χ1n) is 21.8. The van der Waals surface area contributed by atoms with Crippen LogP contribution in [0.5, 0.6) is 0 Å². The number of aliphatic carboxylic acids is 1. The van der Waals surface area contributed by atoms with Gasteiger partial charge in [-0.25, -0.2) is 0 Å². The molecule has 0 aromatic heterocycles. The predicted octanol–water partition coefficient (Wildman–Crippen LogP) is 1.68. The Bertz CT molecular complexity index is 1680. The van der Waals surface area contributed by atoms with E-state index in [0.29, 0.717) is 51.6 Å². The number of aliphatic imine (C=N–C) groups is 1. The van der Waals surface area contributed by atoms with E-state index in [4.69, 9.17) is 11.5 Å². The minimum Gasteiger partial charge on any atom is -0.481 e. The van der Waals surface area contributed by atoms with E-state index < -0.39 is 72.3 Å². The van der Waals surface area contributed by atoms with Crippen molar-refractivity contribution in [2.24, 2.45) is 34.2 Å².